The molecule has 8 heteroatoms. The molecule has 0 radical (unpaired) electrons. The normalized spacial score (nSPS) is 10.6. The maximum absolute atomic E-state index is 11.8. The molecule has 1 aromatic carbocycles. The summed E-state index contributed by atoms with van der Waals surface area (Å²) >= 11 is 0. The third-order valence-corrected chi connectivity index (χ3v) is 3.79. The Kier molecular flexibility index (Phi) is 7.62. The van der Waals surface area contributed by atoms with Crippen molar-refractivity contribution >= 4 is 28.4 Å². The van der Waals surface area contributed by atoms with Crippen LogP contribution >= 0.6 is 12.4 Å². The second kappa shape index (κ2) is 8.11. The van der Waals surface area contributed by atoms with Crippen LogP contribution in [0.4, 0.5) is 0 Å². The summed E-state index contributed by atoms with van der Waals surface area (Å²) in [6.07, 6.45) is 0.411. The van der Waals surface area contributed by atoms with Crippen molar-refractivity contribution in [3.63, 3.8) is 0 Å². The van der Waals surface area contributed by atoms with E-state index in [1.165, 1.54) is 12.1 Å². The number of benzene rings is 1. The summed E-state index contributed by atoms with van der Waals surface area (Å²) in [4.78, 5) is 14.9. The lowest BCUT2D eigenvalue weighted by Crippen LogP contribution is -2.25. The number of hydrogen-bond acceptors (Lipinski definition) is 5. The molecule has 1 aromatic rings. The summed E-state index contributed by atoms with van der Waals surface area (Å²) in [6, 6.07) is 6.51. The molecule has 108 valence electrons. The Morgan fingerprint density at radius 1 is 1.32 bits per heavy atom. The molecule has 0 heterocycles. The van der Waals surface area contributed by atoms with E-state index in [1.807, 2.05) is 6.92 Å². The Labute approximate surface area is 118 Å². The summed E-state index contributed by atoms with van der Waals surface area (Å²) < 4.78 is 26.0. The number of nitrogens with one attached hydrogen (secondary N) is 1. The molecular formula is C11H17ClN2O4S. The van der Waals surface area contributed by atoms with Gasteiger partial charge in [-0.2, -0.15) is 5.90 Å². The lowest BCUT2D eigenvalue weighted by molar-refractivity contribution is -0.144. The van der Waals surface area contributed by atoms with Crippen molar-refractivity contribution in [3.8, 4) is 0 Å². The molecule has 3 N–H and O–H groups in total. The summed E-state index contributed by atoms with van der Waals surface area (Å²) in [5, 5.41) is 0. The quantitative estimate of drug-likeness (QED) is 0.601. The molecule has 0 unspecified atom stereocenters. The van der Waals surface area contributed by atoms with Crippen LogP contribution in [0.5, 0.6) is 0 Å². The fourth-order valence-electron chi connectivity index (χ4n) is 1.30. The molecule has 0 atom stereocenters. The summed E-state index contributed by atoms with van der Waals surface area (Å²) in [5.74, 6) is 4.09. The van der Waals surface area contributed by atoms with Crippen molar-refractivity contribution in [3.05, 3.63) is 29.8 Å². The molecule has 0 aliphatic heterocycles. The minimum atomic E-state index is -3.52. The van der Waals surface area contributed by atoms with Gasteiger partial charge in [0.05, 0.1) is 4.90 Å². The largest absolute Gasteiger partial charge is 0.373 e. The molecule has 0 aliphatic carbocycles. The Hall–Kier alpha value is -1.15. The van der Waals surface area contributed by atoms with Crippen LogP contribution in [0.3, 0.4) is 0 Å². The molecule has 0 aliphatic rings. The highest BCUT2D eigenvalue weighted by atomic mass is 35.5. The van der Waals surface area contributed by atoms with Gasteiger partial charge in [-0.3, -0.25) is 4.79 Å². The highest BCUT2D eigenvalue weighted by molar-refractivity contribution is 7.89. The Bertz CT molecular complexity index is 502. The number of carbonyl (C=O) groups excluding carboxylic acids is 1. The maximum atomic E-state index is 11.8. The van der Waals surface area contributed by atoms with Gasteiger partial charge in [-0.1, -0.05) is 17.7 Å². The second-order valence-electron chi connectivity index (χ2n) is 3.80. The van der Waals surface area contributed by atoms with Crippen LogP contribution in [0.25, 0.3) is 0 Å². The van der Waals surface area contributed by atoms with E-state index in [2.05, 4.69) is 15.5 Å². The summed E-state index contributed by atoms with van der Waals surface area (Å²) in [7, 11) is -3.52. The number of sulfonamides is 1. The molecule has 0 saturated heterocycles. The van der Waals surface area contributed by atoms with Gasteiger partial charge in [0.25, 0.3) is 0 Å². The molecular weight excluding hydrogens is 292 g/mol. The summed E-state index contributed by atoms with van der Waals surface area (Å²) in [5.41, 5.74) is 0.986. The molecule has 1 rings (SSSR count). The zero-order chi connectivity index (χ0) is 13.6. The fourth-order valence-corrected chi connectivity index (χ4v) is 2.37. The van der Waals surface area contributed by atoms with Gasteiger partial charge in [0.1, 0.15) is 0 Å². The van der Waals surface area contributed by atoms with Crippen LogP contribution < -0.4 is 10.6 Å². The van der Waals surface area contributed by atoms with Gasteiger partial charge in [0.15, 0.2) is 0 Å². The van der Waals surface area contributed by atoms with Gasteiger partial charge >= 0.3 is 5.97 Å². The van der Waals surface area contributed by atoms with E-state index < -0.39 is 16.0 Å². The average molecular weight is 309 g/mol. The number of rotatable bonds is 6. The molecule has 0 fully saturated rings. The molecule has 0 aromatic heterocycles. The van der Waals surface area contributed by atoms with Crippen LogP contribution in [0, 0.1) is 6.92 Å². The molecule has 0 saturated carbocycles. The van der Waals surface area contributed by atoms with Crippen LogP contribution in [0.1, 0.15) is 18.4 Å². The molecule has 0 amide bonds. The second-order valence-corrected chi connectivity index (χ2v) is 5.57. The highest BCUT2D eigenvalue weighted by Gasteiger charge is 2.12. The summed E-state index contributed by atoms with van der Waals surface area (Å²) in [6.45, 7) is 2.04. The number of halogens is 1. The van der Waals surface area contributed by atoms with E-state index in [-0.39, 0.29) is 30.3 Å². The van der Waals surface area contributed by atoms with Gasteiger partial charge < -0.3 is 4.84 Å². The van der Waals surface area contributed by atoms with Crippen LogP contribution in [-0.2, 0) is 19.7 Å². The van der Waals surface area contributed by atoms with E-state index in [0.29, 0.717) is 6.42 Å². The average Bonchev–Trinajstić information content (AvgIpc) is 2.35. The van der Waals surface area contributed by atoms with E-state index >= 15 is 0 Å². The van der Waals surface area contributed by atoms with E-state index in [4.69, 9.17) is 0 Å². The zero-order valence-electron chi connectivity index (χ0n) is 10.5. The van der Waals surface area contributed by atoms with Crippen LogP contribution in [0.2, 0.25) is 0 Å². The lowest BCUT2D eigenvalue weighted by atomic mass is 10.2. The first-order chi connectivity index (χ1) is 8.45. The van der Waals surface area contributed by atoms with Crippen LogP contribution in [-0.4, -0.2) is 20.9 Å². The van der Waals surface area contributed by atoms with E-state index in [1.54, 1.807) is 12.1 Å². The van der Waals surface area contributed by atoms with Crippen molar-refractivity contribution in [2.75, 3.05) is 6.54 Å². The van der Waals surface area contributed by atoms with Gasteiger partial charge in [-0.25, -0.2) is 13.1 Å². The number of hydrogen-bond donors (Lipinski definition) is 2. The van der Waals surface area contributed by atoms with Crippen molar-refractivity contribution in [1.82, 2.24) is 4.72 Å². The fraction of sp³-hybridized carbons (Fsp3) is 0.364. The van der Waals surface area contributed by atoms with E-state index in [9.17, 15) is 13.2 Å². The standard InChI is InChI=1S/C11H16N2O4S.ClH/c1-9-4-6-10(7-5-9)18(15,16)13-8-2-3-11(14)17-12;/h4-7,13H,2-3,8,12H2,1H3;1H. The first kappa shape index (κ1) is 17.8. The topological polar surface area (TPSA) is 98.5 Å². The number of carbonyl (C=O) groups is 1. The van der Waals surface area contributed by atoms with Crippen molar-refractivity contribution in [2.24, 2.45) is 5.90 Å². The first-order valence-electron chi connectivity index (χ1n) is 5.41. The SMILES string of the molecule is Cc1ccc(S(=O)(=O)NCCCC(=O)ON)cc1.Cl. The maximum Gasteiger partial charge on any atom is 0.324 e. The third kappa shape index (κ3) is 6.02. The molecule has 0 spiro atoms. The lowest BCUT2D eigenvalue weighted by Gasteiger charge is -2.06. The van der Waals surface area contributed by atoms with E-state index in [0.717, 1.165) is 5.56 Å². The molecule has 19 heavy (non-hydrogen) atoms. The Morgan fingerprint density at radius 3 is 2.42 bits per heavy atom. The van der Waals surface area contributed by atoms with Gasteiger partial charge in [0, 0.05) is 13.0 Å². The first-order valence-corrected chi connectivity index (χ1v) is 6.90. The van der Waals surface area contributed by atoms with Crippen molar-refractivity contribution < 1.29 is 18.0 Å². The monoisotopic (exact) mass is 308 g/mol. The van der Waals surface area contributed by atoms with Gasteiger partial charge in [-0.15, -0.1) is 12.4 Å². The Morgan fingerprint density at radius 2 is 1.89 bits per heavy atom. The highest BCUT2D eigenvalue weighted by Crippen LogP contribution is 2.09. The predicted molar refractivity (Wildman–Crippen MR) is 73.1 cm³/mol. The zero-order valence-corrected chi connectivity index (χ0v) is 12.1. The third-order valence-electron chi connectivity index (χ3n) is 2.31. The minimum Gasteiger partial charge on any atom is -0.373 e. The van der Waals surface area contributed by atoms with Gasteiger partial charge in [-0.05, 0) is 25.5 Å². The molecule has 6 nitrogen and oxygen atoms in total. The number of nitrogens with two attached hydrogens (primary N) is 1. The Balaban J connectivity index is 0.00000324. The minimum absolute atomic E-state index is 0. The van der Waals surface area contributed by atoms with Gasteiger partial charge in [0.2, 0.25) is 10.0 Å². The predicted octanol–water partition coefficient (Wildman–Crippen LogP) is 0.892. The number of aryl methyl sites for hydroxylation is 1. The smallest absolute Gasteiger partial charge is 0.324 e. The molecule has 0 bridgehead atoms. The van der Waals surface area contributed by atoms with Crippen molar-refractivity contribution in [1.29, 1.82) is 0 Å². The van der Waals surface area contributed by atoms with Crippen molar-refractivity contribution in [2.45, 2.75) is 24.7 Å². The van der Waals surface area contributed by atoms with Crippen LogP contribution in [0.15, 0.2) is 29.2 Å².